The van der Waals surface area contributed by atoms with E-state index in [1.54, 1.807) is 0 Å². The molecule has 0 aliphatic carbocycles. The molecule has 0 aliphatic rings. The molecule has 0 aromatic heterocycles. The SMILES string of the molecule is CC(C)CCCCCCCCCCCCCCCC(CCCCCCCCCCCCCCCC(C)C)(C(=O)O)C(O)C(=O)O.CC(C)CCCCCCCCCCCCCCCOC(=O)/C=C\C(=O)OCCCCCCCCCCCCCCCC(C)C. The molecular weight excluding hydrogens is 1100 g/mol. The number of aliphatic hydroxyl groups is 1. The zero-order valence-corrected chi connectivity index (χ0v) is 60.8. The van der Waals surface area contributed by atoms with E-state index in [-0.39, 0.29) is 12.8 Å². The number of carbonyl (C=O) groups excluding carboxylic acids is 2. The molecule has 0 saturated carbocycles. The van der Waals surface area contributed by atoms with E-state index in [0.717, 1.165) is 87.9 Å². The second-order valence-corrected chi connectivity index (χ2v) is 29.5. The van der Waals surface area contributed by atoms with Crippen LogP contribution in [-0.4, -0.2) is 58.5 Å². The lowest BCUT2D eigenvalue weighted by Crippen LogP contribution is -2.47. The van der Waals surface area contributed by atoms with Crippen LogP contribution < -0.4 is 0 Å². The van der Waals surface area contributed by atoms with Gasteiger partial charge in [0.1, 0.15) is 5.41 Å². The summed E-state index contributed by atoms with van der Waals surface area (Å²) in [5.74, 6) is -0.115. The van der Waals surface area contributed by atoms with E-state index < -0.39 is 35.4 Å². The first-order chi connectivity index (χ1) is 43.0. The normalized spacial score (nSPS) is 12.2. The second-order valence-electron chi connectivity index (χ2n) is 29.5. The van der Waals surface area contributed by atoms with Gasteiger partial charge >= 0.3 is 23.9 Å². The van der Waals surface area contributed by atoms with Gasteiger partial charge in [0, 0.05) is 12.2 Å². The van der Waals surface area contributed by atoms with Crippen molar-refractivity contribution in [2.24, 2.45) is 29.1 Å². The molecule has 0 aromatic carbocycles. The van der Waals surface area contributed by atoms with E-state index in [2.05, 4.69) is 55.4 Å². The lowest BCUT2D eigenvalue weighted by molar-refractivity contribution is -0.171. The van der Waals surface area contributed by atoms with E-state index in [0.29, 0.717) is 26.1 Å². The predicted molar refractivity (Wildman–Crippen MR) is 382 cm³/mol. The van der Waals surface area contributed by atoms with Crippen LogP contribution in [0.4, 0.5) is 0 Å². The third kappa shape index (κ3) is 66.8. The monoisotopic (exact) mass is 1260 g/mol. The van der Waals surface area contributed by atoms with Crippen LogP contribution in [0.3, 0.4) is 0 Å². The molecule has 1 atom stereocenters. The van der Waals surface area contributed by atoms with Gasteiger partial charge in [-0.2, -0.15) is 0 Å². The van der Waals surface area contributed by atoms with Crippen LogP contribution in [-0.2, 0) is 28.7 Å². The molecule has 0 fully saturated rings. The van der Waals surface area contributed by atoms with Gasteiger partial charge < -0.3 is 24.8 Å². The number of unbranched alkanes of at least 4 members (excludes halogenated alkanes) is 48. The smallest absolute Gasteiger partial charge is 0.333 e. The summed E-state index contributed by atoms with van der Waals surface area (Å²) >= 11 is 0. The molecule has 89 heavy (non-hydrogen) atoms. The van der Waals surface area contributed by atoms with E-state index in [4.69, 9.17) is 9.47 Å². The minimum Gasteiger partial charge on any atom is -0.481 e. The number of ether oxygens (including phenoxy) is 2. The fourth-order valence-corrected chi connectivity index (χ4v) is 12.6. The molecule has 1 unspecified atom stereocenters. The van der Waals surface area contributed by atoms with Gasteiger partial charge in [-0.25, -0.2) is 14.4 Å². The average Bonchev–Trinajstić information content (AvgIpc) is 2.46. The molecule has 0 radical (unpaired) electrons. The highest BCUT2D eigenvalue weighted by Crippen LogP contribution is 2.37. The first-order valence-corrected chi connectivity index (χ1v) is 39.2. The van der Waals surface area contributed by atoms with Crippen molar-refractivity contribution >= 4 is 23.9 Å². The molecule has 0 bridgehead atoms. The summed E-state index contributed by atoms with van der Waals surface area (Å²) < 4.78 is 10.4. The third-order valence-electron chi connectivity index (χ3n) is 18.7. The Morgan fingerprint density at radius 1 is 0.281 bits per heavy atom. The Morgan fingerprint density at radius 3 is 0.618 bits per heavy atom. The Hall–Kier alpha value is -2.42. The van der Waals surface area contributed by atoms with Crippen molar-refractivity contribution in [1.82, 2.24) is 0 Å². The molecule has 0 rings (SSSR count). The number of aliphatic carboxylic acids is 2. The number of carboxylic acids is 2. The van der Waals surface area contributed by atoms with Gasteiger partial charge in [0.2, 0.25) is 0 Å². The van der Waals surface area contributed by atoms with E-state index in [9.17, 15) is 34.5 Å². The molecule has 0 spiro atoms. The largest absolute Gasteiger partial charge is 0.481 e. The van der Waals surface area contributed by atoms with E-state index in [1.165, 1.54) is 295 Å². The first kappa shape index (κ1) is 88.6. The third-order valence-corrected chi connectivity index (χ3v) is 18.7. The van der Waals surface area contributed by atoms with Crippen molar-refractivity contribution in [2.75, 3.05) is 13.2 Å². The van der Waals surface area contributed by atoms with Gasteiger partial charge in [-0.15, -0.1) is 0 Å². The summed E-state index contributed by atoms with van der Waals surface area (Å²) in [6.45, 7) is 19.3. The Kier molecular flexibility index (Phi) is 68.2. The second kappa shape index (κ2) is 68.4. The molecule has 528 valence electrons. The highest BCUT2D eigenvalue weighted by molar-refractivity contribution is 5.91. The zero-order valence-electron chi connectivity index (χ0n) is 60.8. The number of hydrogen-bond donors (Lipinski definition) is 3. The predicted octanol–water partition coefficient (Wildman–Crippen LogP) is 25.4. The Morgan fingerprint density at radius 2 is 0.449 bits per heavy atom. The van der Waals surface area contributed by atoms with Crippen molar-refractivity contribution < 1.29 is 44.0 Å². The number of rotatable bonds is 69. The molecule has 0 heterocycles. The van der Waals surface area contributed by atoms with Gasteiger partial charge in [-0.1, -0.05) is 402 Å². The Balaban J connectivity index is 0. The van der Waals surface area contributed by atoms with E-state index >= 15 is 0 Å². The summed E-state index contributed by atoms with van der Waals surface area (Å²) in [4.78, 5) is 47.7. The number of esters is 2. The van der Waals surface area contributed by atoms with Gasteiger partial charge in [0.25, 0.3) is 0 Å². The average molecular weight is 1260 g/mol. The van der Waals surface area contributed by atoms with Crippen molar-refractivity contribution in [3.63, 3.8) is 0 Å². The maximum atomic E-state index is 12.3. The molecule has 0 saturated heterocycles. The van der Waals surface area contributed by atoms with Gasteiger partial charge in [0.05, 0.1) is 13.2 Å². The molecule has 0 aromatic rings. The Labute approximate surface area is 553 Å². The van der Waals surface area contributed by atoms with Crippen molar-refractivity contribution in [2.45, 2.75) is 434 Å². The number of hydrogen-bond acceptors (Lipinski definition) is 7. The first-order valence-electron chi connectivity index (χ1n) is 39.2. The van der Waals surface area contributed by atoms with Gasteiger partial charge in [0.15, 0.2) is 6.10 Å². The van der Waals surface area contributed by atoms with Crippen LogP contribution in [0.2, 0.25) is 0 Å². The van der Waals surface area contributed by atoms with Crippen LogP contribution in [0.25, 0.3) is 0 Å². The standard InChI is InChI=1S/C40H78O5.C40H76O4/c1-35(2)31-27-23-19-15-11-7-5-9-13-17-21-25-29-33-40(39(44)45,37(41)38(42)43)34-30-26-22-18-14-10-6-8-12-16-20-24-28-32-36(3)4;1-37(2)31-27-23-19-15-11-7-5-9-13-17-21-25-29-35-43-39(41)33-34-40(42)44-36-30-26-22-18-14-10-6-8-12-16-20-24-28-32-38(3)4/h35-37,41H,5-34H2,1-4H3,(H,42,43)(H,44,45);33-34,37-38H,5-32,35-36H2,1-4H3/b;34-33-. The minimum absolute atomic E-state index is 0.241. The summed E-state index contributed by atoms with van der Waals surface area (Å²) in [6, 6.07) is 0. The lowest BCUT2D eigenvalue weighted by atomic mass is 9.73. The van der Waals surface area contributed by atoms with E-state index in [1.807, 2.05) is 0 Å². The summed E-state index contributed by atoms with van der Waals surface area (Å²) in [6.07, 6.45) is 71.8. The highest BCUT2D eigenvalue weighted by atomic mass is 16.5. The summed E-state index contributed by atoms with van der Waals surface area (Å²) in [7, 11) is 0. The van der Waals surface area contributed by atoms with Crippen LogP contribution >= 0.6 is 0 Å². The number of aliphatic hydroxyl groups excluding tert-OH is 1. The van der Waals surface area contributed by atoms with Crippen LogP contribution in [0.5, 0.6) is 0 Å². The molecule has 9 heteroatoms. The van der Waals surface area contributed by atoms with Crippen LogP contribution in [0.1, 0.15) is 428 Å². The maximum Gasteiger partial charge on any atom is 0.333 e. The lowest BCUT2D eigenvalue weighted by Gasteiger charge is -2.32. The molecule has 0 amide bonds. The summed E-state index contributed by atoms with van der Waals surface area (Å²) in [5, 5.41) is 30.1. The highest BCUT2D eigenvalue weighted by Gasteiger charge is 2.48. The van der Waals surface area contributed by atoms with Gasteiger partial charge in [-0.05, 0) is 49.4 Å². The molecule has 0 aliphatic heterocycles. The van der Waals surface area contributed by atoms with Crippen molar-refractivity contribution in [1.29, 1.82) is 0 Å². The zero-order chi connectivity index (χ0) is 66.0. The van der Waals surface area contributed by atoms with Gasteiger partial charge in [-0.3, -0.25) is 4.79 Å². The number of carbonyl (C=O) groups is 4. The fraction of sp³-hybridized carbons (Fsp3) is 0.925. The molecular formula is C80H154O9. The number of carboxylic acid groups (broad SMARTS) is 2. The van der Waals surface area contributed by atoms with Crippen molar-refractivity contribution in [3.05, 3.63) is 12.2 Å². The fourth-order valence-electron chi connectivity index (χ4n) is 12.6. The maximum absolute atomic E-state index is 12.3. The minimum atomic E-state index is -1.85. The molecule has 9 nitrogen and oxygen atoms in total. The van der Waals surface area contributed by atoms with Crippen LogP contribution in [0, 0.1) is 29.1 Å². The summed E-state index contributed by atoms with van der Waals surface area (Å²) in [5.41, 5.74) is -1.57. The quantitative estimate of drug-likeness (QED) is 0.0308. The molecule has 3 N–H and O–H groups in total. The van der Waals surface area contributed by atoms with Crippen LogP contribution in [0.15, 0.2) is 12.2 Å². The topological polar surface area (TPSA) is 147 Å². The Bertz CT molecular complexity index is 1440. The van der Waals surface area contributed by atoms with Crippen molar-refractivity contribution in [3.8, 4) is 0 Å².